The highest BCUT2D eigenvalue weighted by atomic mass is 19.1. The summed E-state index contributed by atoms with van der Waals surface area (Å²) in [4.78, 5) is 12.1. The van der Waals surface area contributed by atoms with Crippen molar-refractivity contribution in [2.45, 2.75) is 6.04 Å². The first-order chi connectivity index (χ1) is 7.81. The minimum atomic E-state index is -0.367. The minimum absolute atomic E-state index is 0.246. The fraction of sp³-hybridized carbons (Fsp3) is 0.182. The lowest BCUT2D eigenvalue weighted by Gasteiger charge is -2.14. The van der Waals surface area contributed by atoms with E-state index in [9.17, 15) is 4.39 Å². The molecule has 0 amide bonds. The Bertz CT molecular complexity index is 461. The van der Waals surface area contributed by atoms with E-state index in [0.29, 0.717) is 11.4 Å². The monoisotopic (exact) mass is 218 g/mol. The van der Waals surface area contributed by atoms with Crippen molar-refractivity contribution >= 4 is 0 Å². The molecule has 0 aliphatic rings. The number of pyridine rings is 1. The molecule has 4 nitrogen and oxygen atoms in total. The molecule has 0 spiro atoms. The third-order valence-electron chi connectivity index (χ3n) is 2.19. The predicted molar refractivity (Wildman–Crippen MR) is 57.1 cm³/mol. The standard InChI is InChI=1S/C11H11FN4/c1-13-10(11-15-3-2-4-16-11)8-5-9(12)7-14-6-8/h2-7,10,13H,1H3. The molecule has 1 atom stereocenters. The maximum atomic E-state index is 13.0. The van der Waals surface area contributed by atoms with E-state index < -0.39 is 0 Å². The molecule has 0 aliphatic carbocycles. The molecule has 82 valence electrons. The molecule has 0 saturated heterocycles. The normalized spacial score (nSPS) is 12.4. The summed E-state index contributed by atoms with van der Waals surface area (Å²) in [5, 5.41) is 3.03. The highest BCUT2D eigenvalue weighted by molar-refractivity contribution is 5.21. The molecule has 5 heteroatoms. The van der Waals surface area contributed by atoms with Crippen LogP contribution in [-0.4, -0.2) is 22.0 Å². The van der Waals surface area contributed by atoms with Crippen molar-refractivity contribution in [1.29, 1.82) is 0 Å². The summed E-state index contributed by atoms with van der Waals surface area (Å²) in [6.07, 6.45) is 6.07. The van der Waals surface area contributed by atoms with Crippen LogP contribution in [0.3, 0.4) is 0 Å². The zero-order valence-corrected chi connectivity index (χ0v) is 8.76. The molecule has 2 aromatic heterocycles. The molecule has 1 unspecified atom stereocenters. The van der Waals surface area contributed by atoms with E-state index >= 15 is 0 Å². The van der Waals surface area contributed by atoms with Crippen LogP contribution in [0, 0.1) is 5.82 Å². The van der Waals surface area contributed by atoms with Gasteiger partial charge in [0.05, 0.1) is 12.2 Å². The van der Waals surface area contributed by atoms with Gasteiger partial charge in [-0.3, -0.25) is 4.98 Å². The van der Waals surface area contributed by atoms with Crippen molar-refractivity contribution in [2.75, 3.05) is 7.05 Å². The minimum Gasteiger partial charge on any atom is -0.307 e. The Morgan fingerprint density at radius 3 is 2.62 bits per heavy atom. The number of aromatic nitrogens is 3. The molecular formula is C11H11FN4. The molecule has 2 aromatic rings. The third kappa shape index (κ3) is 2.20. The lowest BCUT2D eigenvalue weighted by Crippen LogP contribution is -2.20. The third-order valence-corrected chi connectivity index (χ3v) is 2.19. The molecule has 2 rings (SSSR count). The van der Waals surface area contributed by atoms with Crippen LogP contribution in [0.1, 0.15) is 17.4 Å². The number of hydrogen-bond acceptors (Lipinski definition) is 4. The molecule has 0 bridgehead atoms. The van der Waals surface area contributed by atoms with Gasteiger partial charge in [0.25, 0.3) is 0 Å². The van der Waals surface area contributed by atoms with Crippen molar-refractivity contribution in [3.05, 3.63) is 54.1 Å². The molecule has 0 radical (unpaired) electrons. The number of rotatable bonds is 3. The maximum absolute atomic E-state index is 13.0. The zero-order chi connectivity index (χ0) is 11.4. The van der Waals surface area contributed by atoms with Gasteiger partial charge in [0.15, 0.2) is 0 Å². The number of nitrogens with zero attached hydrogens (tertiary/aromatic N) is 3. The Kier molecular flexibility index (Phi) is 3.16. The van der Waals surface area contributed by atoms with Gasteiger partial charge in [0, 0.05) is 18.6 Å². The average Bonchev–Trinajstić information content (AvgIpc) is 2.31. The van der Waals surface area contributed by atoms with Crippen molar-refractivity contribution < 1.29 is 4.39 Å². The second-order valence-electron chi connectivity index (χ2n) is 3.27. The van der Waals surface area contributed by atoms with Crippen molar-refractivity contribution in [3.8, 4) is 0 Å². The number of hydrogen-bond donors (Lipinski definition) is 1. The Hall–Kier alpha value is -1.88. The first kappa shape index (κ1) is 10.6. The first-order valence-electron chi connectivity index (χ1n) is 4.86. The first-order valence-corrected chi connectivity index (χ1v) is 4.86. The number of halogens is 1. The highest BCUT2D eigenvalue weighted by Crippen LogP contribution is 2.17. The Labute approximate surface area is 92.6 Å². The highest BCUT2D eigenvalue weighted by Gasteiger charge is 2.15. The van der Waals surface area contributed by atoms with Gasteiger partial charge < -0.3 is 5.32 Å². The smallest absolute Gasteiger partial charge is 0.149 e. The van der Waals surface area contributed by atoms with Crippen LogP contribution in [0.25, 0.3) is 0 Å². The van der Waals surface area contributed by atoms with Gasteiger partial charge in [-0.1, -0.05) is 0 Å². The molecule has 2 heterocycles. The van der Waals surface area contributed by atoms with Crippen LogP contribution in [0.4, 0.5) is 4.39 Å². The van der Waals surface area contributed by atoms with Gasteiger partial charge >= 0.3 is 0 Å². The second kappa shape index (κ2) is 4.76. The SMILES string of the molecule is CNC(c1cncc(F)c1)c1ncccn1. The quantitative estimate of drug-likeness (QED) is 0.844. The Morgan fingerprint density at radius 1 is 1.25 bits per heavy atom. The summed E-state index contributed by atoms with van der Waals surface area (Å²) in [6, 6.07) is 2.91. The van der Waals surface area contributed by atoms with Crippen LogP contribution >= 0.6 is 0 Å². The van der Waals surface area contributed by atoms with Crippen LogP contribution in [0.2, 0.25) is 0 Å². The molecule has 0 aromatic carbocycles. The van der Waals surface area contributed by atoms with Gasteiger partial charge in [-0.05, 0) is 24.7 Å². The zero-order valence-electron chi connectivity index (χ0n) is 8.76. The largest absolute Gasteiger partial charge is 0.307 e. The lowest BCUT2D eigenvalue weighted by atomic mass is 10.1. The van der Waals surface area contributed by atoms with Crippen molar-refractivity contribution in [3.63, 3.8) is 0 Å². The van der Waals surface area contributed by atoms with E-state index in [2.05, 4.69) is 20.3 Å². The van der Waals surface area contributed by atoms with Crippen molar-refractivity contribution in [2.24, 2.45) is 0 Å². The second-order valence-corrected chi connectivity index (χ2v) is 3.27. The predicted octanol–water partition coefficient (Wildman–Crippen LogP) is 1.32. The van der Waals surface area contributed by atoms with E-state index in [4.69, 9.17) is 0 Å². The molecule has 0 fully saturated rings. The van der Waals surface area contributed by atoms with Gasteiger partial charge in [0.1, 0.15) is 11.6 Å². The summed E-state index contributed by atoms with van der Waals surface area (Å²) in [7, 11) is 1.77. The van der Waals surface area contributed by atoms with Gasteiger partial charge in [-0.15, -0.1) is 0 Å². The van der Waals surface area contributed by atoms with Gasteiger partial charge in [0.2, 0.25) is 0 Å². The van der Waals surface area contributed by atoms with E-state index in [0.717, 1.165) is 0 Å². The summed E-state index contributed by atoms with van der Waals surface area (Å²) in [5.74, 6) is 0.228. The van der Waals surface area contributed by atoms with Gasteiger partial charge in [-0.25, -0.2) is 14.4 Å². The van der Waals surface area contributed by atoms with Crippen molar-refractivity contribution in [1.82, 2.24) is 20.3 Å². The van der Waals surface area contributed by atoms with Crippen LogP contribution < -0.4 is 5.32 Å². The molecule has 1 N–H and O–H groups in total. The van der Waals surface area contributed by atoms with E-state index in [1.54, 1.807) is 31.7 Å². The summed E-state index contributed by atoms with van der Waals surface area (Å²) in [6.45, 7) is 0. The van der Waals surface area contributed by atoms with Crippen LogP contribution in [0.15, 0.2) is 36.9 Å². The van der Waals surface area contributed by atoms with E-state index in [1.165, 1.54) is 12.3 Å². The summed E-state index contributed by atoms with van der Waals surface area (Å²) >= 11 is 0. The fourth-order valence-corrected chi connectivity index (χ4v) is 1.49. The lowest BCUT2D eigenvalue weighted by molar-refractivity contribution is 0.600. The fourth-order valence-electron chi connectivity index (χ4n) is 1.49. The topological polar surface area (TPSA) is 50.7 Å². The average molecular weight is 218 g/mol. The molecule has 0 aliphatic heterocycles. The van der Waals surface area contributed by atoms with E-state index in [1.807, 2.05) is 0 Å². The molecular weight excluding hydrogens is 207 g/mol. The number of nitrogens with one attached hydrogen (secondary N) is 1. The van der Waals surface area contributed by atoms with Crippen LogP contribution in [-0.2, 0) is 0 Å². The molecule has 0 saturated carbocycles. The maximum Gasteiger partial charge on any atom is 0.149 e. The Balaban J connectivity index is 2.37. The summed E-state index contributed by atoms with van der Waals surface area (Å²) in [5.41, 5.74) is 0.703. The Morgan fingerprint density at radius 2 is 2.00 bits per heavy atom. The van der Waals surface area contributed by atoms with E-state index in [-0.39, 0.29) is 11.9 Å². The van der Waals surface area contributed by atoms with Gasteiger partial charge in [-0.2, -0.15) is 0 Å². The summed E-state index contributed by atoms with van der Waals surface area (Å²) < 4.78 is 13.0. The van der Waals surface area contributed by atoms with Crippen LogP contribution in [0.5, 0.6) is 0 Å². The molecule has 16 heavy (non-hydrogen) atoms.